The summed E-state index contributed by atoms with van der Waals surface area (Å²) in [5.41, 5.74) is 2.42. The maximum Gasteiger partial charge on any atom is 0.315 e. The van der Waals surface area contributed by atoms with Crippen LogP contribution in [0.4, 0.5) is 4.79 Å². The van der Waals surface area contributed by atoms with Gasteiger partial charge in [-0.3, -0.25) is 4.79 Å². The highest BCUT2D eigenvalue weighted by atomic mass is 16.2. The Kier molecular flexibility index (Phi) is 5.78. The number of nitrogens with zero attached hydrogens (tertiary/aromatic N) is 2. The minimum Gasteiger partial charge on any atom is -0.349 e. The van der Waals surface area contributed by atoms with E-state index in [1.165, 1.54) is 25.7 Å². The number of carbonyl (C=O) groups is 2. The van der Waals surface area contributed by atoms with E-state index < -0.39 is 0 Å². The van der Waals surface area contributed by atoms with Crippen molar-refractivity contribution < 1.29 is 9.59 Å². The average Bonchev–Trinajstić information content (AvgIpc) is 3.44. The minimum atomic E-state index is -0.0952. The number of benzene rings is 1. The van der Waals surface area contributed by atoms with Crippen LogP contribution in [0.15, 0.2) is 24.5 Å². The lowest BCUT2D eigenvalue weighted by molar-refractivity contribution is 0.0938. The molecule has 2 saturated carbocycles. The molecule has 0 saturated heterocycles. The Morgan fingerprint density at radius 2 is 1.68 bits per heavy atom. The van der Waals surface area contributed by atoms with Gasteiger partial charge in [0, 0.05) is 30.7 Å². The van der Waals surface area contributed by atoms with Crippen molar-refractivity contribution in [2.45, 2.75) is 70.0 Å². The van der Waals surface area contributed by atoms with E-state index in [0.29, 0.717) is 30.7 Å². The molecule has 0 atom stereocenters. The number of fused-ring (bicyclic) bond motifs is 1. The predicted molar refractivity (Wildman–Crippen MR) is 108 cm³/mol. The van der Waals surface area contributed by atoms with Crippen molar-refractivity contribution in [2.75, 3.05) is 6.54 Å². The van der Waals surface area contributed by atoms with Crippen LogP contribution in [0.1, 0.15) is 61.7 Å². The van der Waals surface area contributed by atoms with E-state index in [1.54, 1.807) is 6.33 Å². The van der Waals surface area contributed by atoms with Crippen molar-refractivity contribution in [1.29, 1.82) is 0 Å². The van der Waals surface area contributed by atoms with Crippen molar-refractivity contribution in [3.05, 3.63) is 30.1 Å². The molecule has 3 amide bonds. The molecule has 2 fully saturated rings. The molecule has 4 rings (SSSR count). The second-order valence-corrected chi connectivity index (χ2v) is 7.98. The molecule has 0 radical (unpaired) electrons. The van der Waals surface area contributed by atoms with Gasteiger partial charge in [0.1, 0.15) is 0 Å². The lowest BCUT2D eigenvalue weighted by Gasteiger charge is -2.13. The number of carbonyl (C=O) groups excluding carboxylic acids is 2. The molecule has 1 heterocycles. The zero-order valence-corrected chi connectivity index (χ0v) is 16.2. The highest BCUT2D eigenvalue weighted by Crippen LogP contribution is 2.20. The maximum absolute atomic E-state index is 12.4. The molecule has 7 heteroatoms. The third-order valence-electron chi connectivity index (χ3n) is 5.90. The molecule has 3 N–H and O–H groups in total. The summed E-state index contributed by atoms with van der Waals surface area (Å²) < 4.78 is 2.00. The zero-order chi connectivity index (χ0) is 19.3. The van der Waals surface area contributed by atoms with Gasteiger partial charge < -0.3 is 20.5 Å². The Hall–Kier alpha value is -2.57. The van der Waals surface area contributed by atoms with Gasteiger partial charge >= 0.3 is 6.03 Å². The molecule has 0 unspecified atom stereocenters. The number of aromatic nitrogens is 2. The van der Waals surface area contributed by atoms with Gasteiger partial charge in [-0.25, -0.2) is 9.78 Å². The third kappa shape index (κ3) is 4.46. The lowest BCUT2D eigenvalue weighted by Crippen LogP contribution is -2.41. The minimum absolute atomic E-state index is 0.0198. The van der Waals surface area contributed by atoms with E-state index in [1.807, 2.05) is 22.8 Å². The standard InChI is InChI=1S/C21H29N5O2/c27-20(24-16-5-1-2-6-16)15-9-10-19-18(13-15)23-14-26(19)12-11-22-21(28)25-17-7-3-4-8-17/h9-10,13-14,16-17H,1-8,11-12H2,(H,24,27)(H2,22,25,28). The molecule has 28 heavy (non-hydrogen) atoms. The topological polar surface area (TPSA) is 88.0 Å². The number of urea groups is 1. The van der Waals surface area contributed by atoms with Crippen molar-refractivity contribution in [3.63, 3.8) is 0 Å². The van der Waals surface area contributed by atoms with E-state index in [4.69, 9.17) is 0 Å². The molecule has 0 bridgehead atoms. The van der Waals surface area contributed by atoms with E-state index in [0.717, 1.165) is 36.7 Å². The van der Waals surface area contributed by atoms with Crippen molar-refractivity contribution in [1.82, 2.24) is 25.5 Å². The van der Waals surface area contributed by atoms with E-state index >= 15 is 0 Å². The second-order valence-electron chi connectivity index (χ2n) is 7.98. The van der Waals surface area contributed by atoms with E-state index in [9.17, 15) is 9.59 Å². The molecular weight excluding hydrogens is 354 g/mol. The molecule has 150 valence electrons. The molecular formula is C21H29N5O2. The summed E-state index contributed by atoms with van der Waals surface area (Å²) >= 11 is 0. The van der Waals surface area contributed by atoms with Crippen LogP contribution < -0.4 is 16.0 Å². The Labute approximate surface area is 165 Å². The molecule has 1 aromatic carbocycles. The van der Waals surface area contributed by atoms with Crippen LogP contribution in [-0.4, -0.2) is 40.1 Å². The van der Waals surface area contributed by atoms with Crippen LogP contribution in [0.3, 0.4) is 0 Å². The Morgan fingerprint density at radius 3 is 2.39 bits per heavy atom. The molecule has 2 aliphatic carbocycles. The fraction of sp³-hybridized carbons (Fsp3) is 0.571. The Morgan fingerprint density at radius 1 is 1.00 bits per heavy atom. The number of hydrogen-bond acceptors (Lipinski definition) is 3. The summed E-state index contributed by atoms with van der Waals surface area (Å²) in [5.74, 6) is -0.0198. The number of nitrogens with one attached hydrogen (secondary N) is 3. The fourth-order valence-electron chi connectivity index (χ4n) is 4.32. The monoisotopic (exact) mass is 383 g/mol. The molecule has 2 aliphatic rings. The molecule has 1 aromatic heterocycles. The van der Waals surface area contributed by atoms with Crippen LogP contribution in [0.2, 0.25) is 0 Å². The summed E-state index contributed by atoms with van der Waals surface area (Å²) in [4.78, 5) is 28.8. The van der Waals surface area contributed by atoms with Crippen molar-refractivity contribution in [2.24, 2.45) is 0 Å². The van der Waals surface area contributed by atoms with Gasteiger partial charge in [0.05, 0.1) is 17.4 Å². The first-order valence-electron chi connectivity index (χ1n) is 10.5. The van der Waals surface area contributed by atoms with Crippen LogP contribution in [0, 0.1) is 0 Å². The second kappa shape index (κ2) is 8.63. The first kappa shape index (κ1) is 18.8. The fourth-order valence-corrected chi connectivity index (χ4v) is 4.32. The first-order chi connectivity index (χ1) is 13.7. The normalized spacial score (nSPS) is 17.9. The molecule has 0 aliphatic heterocycles. The summed E-state index contributed by atoms with van der Waals surface area (Å²) in [5, 5.41) is 9.06. The third-order valence-corrected chi connectivity index (χ3v) is 5.90. The number of rotatable bonds is 6. The molecule has 0 spiro atoms. The van der Waals surface area contributed by atoms with Crippen LogP contribution in [-0.2, 0) is 6.54 Å². The smallest absolute Gasteiger partial charge is 0.315 e. The van der Waals surface area contributed by atoms with Gasteiger partial charge in [-0.1, -0.05) is 25.7 Å². The van der Waals surface area contributed by atoms with Gasteiger partial charge in [0.25, 0.3) is 5.91 Å². The van der Waals surface area contributed by atoms with E-state index in [-0.39, 0.29) is 11.9 Å². The highest BCUT2D eigenvalue weighted by molar-refractivity contribution is 5.97. The SMILES string of the molecule is O=C(NCCn1cnc2cc(C(=O)NC3CCCC3)ccc21)NC1CCCC1. The van der Waals surface area contributed by atoms with Gasteiger partial charge in [-0.05, 0) is 43.9 Å². The number of imidazole rings is 1. The van der Waals surface area contributed by atoms with Gasteiger partial charge in [0.15, 0.2) is 0 Å². The predicted octanol–water partition coefficient (Wildman–Crippen LogP) is 2.95. The summed E-state index contributed by atoms with van der Waals surface area (Å²) in [6.45, 7) is 1.18. The van der Waals surface area contributed by atoms with Gasteiger partial charge in [0.2, 0.25) is 0 Å². The van der Waals surface area contributed by atoms with E-state index in [2.05, 4.69) is 20.9 Å². The van der Waals surface area contributed by atoms with Gasteiger partial charge in [-0.2, -0.15) is 0 Å². The first-order valence-corrected chi connectivity index (χ1v) is 10.5. The number of amides is 3. The highest BCUT2D eigenvalue weighted by Gasteiger charge is 2.19. The largest absolute Gasteiger partial charge is 0.349 e. The van der Waals surface area contributed by atoms with Gasteiger partial charge in [-0.15, -0.1) is 0 Å². The van der Waals surface area contributed by atoms with Crippen LogP contribution in [0.5, 0.6) is 0 Å². The quantitative estimate of drug-likeness (QED) is 0.717. The maximum atomic E-state index is 12.4. The molecule has 7 nitrogen and oxygen atoms in total. The Balaban J connectivity index is 1.31. The van der Waals surface area contributed by atoms with Crippen molar-refractivity contribution >= 4 is 23.0 Å². The summed E-state index contributed by atoms with van der Waals surface area (Å²) in [7, 11) is 0. The summed E-state index contributed by atoms with van der Waals surface area (Å²) in [6, 6.07) is 6.17. The Bertz CT molecular complexity index is 834. The van der Waals surface area contributed by atoms with Crippen LogP contribution >= 0.6 is 0 Å². The average molecular weight is 383 g/mol. The van der Waals surface area contributed by atoms with Crippen molar-refractivity contribution in [3.8, 4) is 0 Å². The summed E-state index contributed by atoms with van der Waals surface area (Å²) in [6.07, 6.45) is 10.9. The molecule has 2 aromatic rings. The zero-order valence-electron chi connectivity index (χ0n) is 16.2. The number of hydrogen-bond donors (Lipinski definition) is 3. The lowest BCUT2D eigenvalue weighted by atomic mass is 10.1. The van der Waals surface area contributed by atoms with Crippen LogP contribution in [0.25, 0.3) is 11.0 Å².